The highest BCUT2D eigenvalue weighted by Gasteiger charge is 2.11. The third-order valence-corrected chi connectivity index (χ3v) is 2.98. The van der Waals surface area contributed by atoms with Crippen molar-refractivity contribution in [3.05, 3.63) is 34.9 Å². The number of ether oxygens (including phenoxy) is 1. The number of aryl methyl sites for hydroxylation is 2. The van der Waals surface area contributed by atoms with Gasteiger partial charge in [0.1, 0.15) is 6.61 Å². The van der Waals surface area contributed by atoms with Crippen LogP contribution in [0.1, 0.15) is 41.8 Å². The van der Waals surface area contributed by atoms with Gasteiger partial charge in [0.25, 0.3) is 6.43 Å². The number of benzene rings is 1. The van der Waals surface area contributed by atoms with Crippen LogP contribution >= 0.6 is 0 Å². The Labute approximate surface area is 112 Å². The van der Waals surface area contributed by atoms with Gasteiger partial charge in [-0.05, 0) is 30.0 Å². The molecule has 0 amide bonds. The van der Waals surface area contributed by atoms with E-state index in [-0.39, 0.29) is 18.8 Å². The summed E-state index contributed by atoms with van der Waals surface area (Å²) in [5, 5.41) is 0. The highest BCUT2D eigenvalue weighted by molar-refractivity contribution is 5.97. The zero-order chi connectivity index (χ0) is 14.3. The topological polar surface area (TPSA) is 26.3 Å². The van der Waals surface area contributed by atoms with E-state index in [2.05, 4.69) is 0 Å². The number of halogens is 2. The second kappa shape index (κ2) is 8.00. The van der Waals surface area contributed by atoms with Crippen LogP contribution in [0.4, 0.5) is 8.78 Å². The van der Waals surface area contributed by atoms with Gasteiger partial charge in [-0.15, -0.1) is 0 Å². The van der Waals surface area contributed by atoms with Crippen molar-refractivity contribution >= 4 is 5.78 Å². The number of hydrogen-bond donors (Lipinski definition) is 0. The fourth-order valence-corrected chi connectivity index (χ4v) is 1.88. The molecule has 0 N–H and O–H groups in total. The minimum atomic E-state index is -2.48. The largest absolute Gasteiger partial charge is 0.375 e. The lowest BCUT2D eigenvalue weighted by Gasteiger charge is -2.09. The molecule has 1 rings (SSSR count). The SMILES string of the molecule is CCc1ccc(CC)c(C(=O)CCOCC(F)F)c1. The Kier molecular flexibility index (Phi) is 6.64. The van der Waals surface area contributed by atoms with Crippen LogP contribution in [0, 0.1) is 0 Å². The molecule has 0 spiro atoms. The molecular weight excluding hydrogens is 250 g/mol. The molecule has 0 saturated heterocycles. The number of ketones is 1. The molecule has 0 radical (unpaired) electrons. The van der Waals surface area contributed by atoms with Gasteiger partial charge in [-0.1, -0.05) is 26.0 Å². The molecule has 0 aliphatic rings. The first kappa shape index (κ1) is 15.8. The fraction of sp³-hybridized carbons (Fsp3) is 0.533. The van der Waals surface area contributed by atoms with Crippen molar-refractivity contribution in [1.82, 2.24) is 0 Å². The standard InChI is InChI=1S/C15H20F2O2/c1-3-11-5-6-12(4-2)13(9-11)14(18)7-8-19-10-15(16)17/h5-6,9,15H,3-4,7-8,10H2,1-2H3. The molecule has 0 aromatic heterocycles. The van der Waals surface area contributed by atoms with E-state index in [1.807, 2.05) is 32.0 Å². The van der Waals surface area contributed by atoms with E-state index in [0.717, 1.165) is 24.0 Å². The van der Waals surface area contributed by atoms with Crippen molar-refractivity contribution in [2.24, 2.45) is 0 Å². The van der Waals surface area contributed by atoms with E-state index in [0.29, 0.717) is 5.56 Å². The van der Waals surface area contributed by atoms with Crippen LogP contribution in [0.25, 0.3) is 0 Å². The average Bonchev–Trinajstić information content (AvgIpc) is 2.42. The Morgan fingerprint density at radius 1 is 1.26 bits per heavy atom. The van der Waals surface area contributed by atoms with Gasteiger partial charge >= 0.3 is 0 Å². The quantitative estimate of drug-likeness (QED) is 0.532. The first-order valence-corrected chi connectivity index (χ1v) is 6.59. The first-order valence-electron chi connectivity index (χ1n) is 6.59. The summed E-state index contributed by atoms with van der Waals surface area (Å²) in [5.74, 6) is -0.0404. The Bertz CT molecular complexity index is 417. The van der Waals surface area contributed by atoms with E-state index in [4.69, 9.17) is 4.74 Å². The lowest BCUT2D eigenvalue weighted by Crippen LogP contribution is -2.11. The monoisotopic (exact) mass is 270 g/mol. The minimum absolute atomic E-state index is 0.0404. The zero-order valence-corrected chi connectivity index (χ0v) is 11.4. The Morgan fingerprint density at radius 3 is 2.58 bits per heavy atom. The highest BCUT2D eigenvalue weighted by Crippen LogP contribution is 2.16. The number of hydrogen-bond acceptors (Lipinski definition) is 2. The van der Waals surface area contributed by atoms with Crippen molar-refractivity contribution in [3.8, 4) is 0 Å². The molecule has 0 fully saturated rings. The lowest BCUT2D eigenvalue weighted by molar-refractivity contribution is 0.0169. The molecule has 0 unspecified atom stereocenters. The molecule has 1 aromatic carbocycles. The normalized spacial score (nSPS) is 11.0. The highest BCUT2D eigenvalue weighted by atomic mass is 19.3. The molecule has 0 aliphatic heterocycles. The molecule has 0 bridgehead atoms. The third-order valence-electron chi connectivity index (χ3n) is 2.98. The molecule has 0 heterocycles. The van der Waals surface area contributed by atoms with Gasteiger partial charge < -0.3 is 4.74 Å². The lowest BCUT2D eigenvalue weighted by atomic mass is 9.96. The number of rotatable bonds is 8. The Morgan fingerprint density at radius 2 is 2.00 bits per heavy atom. The van der Waals surface area contributed by atoms with Crippen molar-refractivity contribution in [2.75, 3.05) is 13.2 Å². The van der Waals surface area contributed by atoms with Gasteiger partial charge in [0, 0.05) is 12.0 Å². The summed E-state index contributed by atoms with van der Waals surface area (Å²) in [4.78, 5) is 12.1. The van der Waals surface area contributed by atoms with E-state index < -0.39 is 13.0 Å². The summed E-state index contributed by atoms with van der Waals surface area (Å²) in [6.07, 6.45) is -0.688. The summed E-state index contributed by atoms with van der Waals surface area (Å²) in [6, 6.07) is 5.88. The number of carbonyl (C=O) groups is 1. The molecular formula is C15H20F2O2. The fourth-order valence-electron chi connectivity index (χ4n) is 1.88. The maximum Gasteiger partial charge on any atom is 0.261 e. The summed E-state index contributed by atoms with van der Waals surface area (Å²) in [6.45, 7) is 3.46. The summed E-state index contributed by atoms with van der Waals surface area (Å²) in [7, 11) is 0. The van der Waals surface area contributed by atoms with Gasteiger partial charge in [0.05, 0.1) is 6.61 Å². The van der Waals surface area contributed by atoms with Gasteiger partial charge in [-0.25, -0.2) is 8.78 Å². The van der Waals surface area contributed by atoms with Crippen LogP contribution in [-0.2, 0) is 17.6 Å². The second-order valence-electron chi connectivity index (χ2n) is 4.34. The Hall–Kier alpha value is -1.29. The summed E-state index contributed by atoms with van der Waals surface area (Å²) in [5.41, 5.74) is 2.80. The number of Topliss-reactive ketones (excluding diaryl/α,β-unsaturated/α-hetero) is 1. The van der Waals surface area contributed by atoms with E-state index in [1.165, 1.54) is 0 Å². The number of alkyl halides is 2. The predicted octanol–water partition coefficient (Wildman–Crippen LogP) is 3.67. The predicted molar refractivity (Wildman–Crippen MR) is 71.0 cm³/mol. The maximum absolute atomic E-state index is 12.1. The molecule has 2 nitrogen and oxygen atoms in total. The van der Waals surface area contributed by atoms with Crippen molar-refractivity contribution < 1.29 is 18.3 Å². The van der Waals surface area contributed by atoms with Crippen LogP contribution in [0.2, 0.25) is 0 Å². The first-order chi connectivity index (χ1) is 9.08. The van der Waals surface area contributed by atoms with Crippen LogP contribution in [-0.4, -0.2) is 25.4 Å². The van der Waals surface area contributed by atoms with Crippen molar-refractivity contribution in [3.63, 3.8) is 0 Å². The molecule has 4 heteroatoms. The van der Waals surface area contributed by atoms with Crippen molar-refractivity contribution in [1.29, 1.82) is 0 Å². The molecule has 1 aromatic rings. The summed E-state index contributed by atoms with van der Waals surface area (Å²) >= 11 is 0. The van der Waals surface area contributed by atoms with Crippen LogP contribution in [0.5, 0.6) is 0 Å². The van der Waals surface area contributed by atoms with Gasteiger partial charge in [0.15, 0.2) is 5.78 Å². The van der Waals surface area contributed by atoms with Gasteiger partial charge in [-0.2, -0.15) is 0 Å². The molecule has 0 atom stereocenters. The molecule has 0 saturated carbocycles. The van der Waals surface area contributed by atoms with Gasteiger partial charge in [-0.3, -0.25) is 4.79 Å². The smallest absolute Gasteiger partial charge is 0.261 e. The molecule has 19 heavy (non-hydrogen) atoms. The van der Waals surface area contributed by atoms with E-state index in [1.54, 1.807) is 0 Å². The average molecular weight is 270 g/mol. The van der Waals surface area contributed by atoms with Crippen LogP contribution in [0.3, 0.4) is 0 Å². The molecule has 0 aliphatic carbocycles. The van der Waals surface area contributed by atoms with E-state index >= 15 is 0 Å². The van der Waals surface area contributed by atoms with Gasteiger partial charge in [0.2, 0.25) is 0 Å². The summed E-state index contributed by atoms with van der Waals surface area (Å²) < 4.78 is 28.5. The minimum Gasteiger partial charge on any atom is -0.375 e. The second-order valence-corrected chi connectivity index (χ2v) is 4.34. The van der Waals surface area contributed by atoms with E-state index in [9.17, 15) is 13.6 Å². The van der Waals surface area contributed by atoms with Crippen LogP contribution in [0.15, 0.2) is 18.2 Å². The maximum atomic E-state index is 12.1. The molecule has 106 valence electrons. The Balaban J connectivity index is 2.64. The van der Waals surface area contributed by atoms with Crippen molar-refractivity contribution in [2.45, 2.75) is 39.5 Å². The third kappa shape index (κ3) is 5.07. The van der Waals surface area contributed by atoms with Crippen LogP contribution < -0.4 is 0 Å². The number of carbonyl (C=O) groups excluding carboxylic acids is 1. The zero-order valence-electron chi connectivity index (χ0n) is 11.4.